The van der Waals surface area contributed by atoms with Crippen molar-refractivity contribution in [2.24, 2.45) is 0 Å². The van der Waals surface area contributed by atoms with Crippen molar-refractivity contribution in [2.75, 3.05) is 7.11 Å². The molecule has 1 N–H and O–H groups in total. The van der Waals surface area contributed by atoms with E-state index in [4.69, 9.17) is 14.5 Å². The lowest BCUT2D eigenvalue weighted by atomic mass is 9.86. The van der Waals surface area contributed by atoms with E-state index < -0.39 is 17.5 Å². The van der Waals surface area contributed by atoms with Crippen LogP contribution in [0.2, 0.25) is 0 Å². The molecule has 0 bridgehead atoms. The predicted molar refractivity (Wildman–Crippen MR) is 125 cm³/mol. The fraction of sp³-hybridized carbons (Fsp3) is 0.308. The van der Waals surface area contributed by atoms with Crippen molar-refractivity contribution in [1.82, 2.24) is 9.55 Å². The Balaban J connectivity index is 1.77. The highest BCUT2D eigenvalue weighted by atomic mass is 16.6. The first-order valence-corrected chi connectivity index (χ1v) is 11.2. The van der Waals surface area contributed by atoms with Gasteiger partial charge in [-0.05, 0) is 42.2 Å². The van der Waals surface area contributed by atoms with Gasteiger partial charge in [0.15, 0.2) is 5.60 Å². The lowest BCUT2D eigenvalue weighted by molar-refractivity contribution is -0.172. The van der Waals surface area contributed by atoms with Gasteiger partial charge in [0.05, 0.1) is 36.1 Å². The highest BCUT2D eigenvalue weighted by Gasteiger charge is 2.45. The molecule has 2 aliphatic heterocycles. The highest BCUT2D eigenvalue weighted by Crippen LogP contribution is 2.40. The average Bonchev–Trinajstić information content (AvgIpc) is 3.22. The minimum Gasteiger partial charge on any atom is -0.466 e. The first-order chi connectivity index (χ1) is 16.3. The number of aromatic nitrogens is 2. The van der Waals surface area contributed by atoms with Crippen LogP contribution >= 0.6 is 0 Å². The summed E-state index contributed by atoms with van der Waals surface area (Å²) in [4.78, 5) is 42.3. The summed E-state index contributed by atoms with van der Waals surface area (Å²) < 4.78 is 11.5. The maximum atomic E-state index is 13.4. The maximum Gasteiger partial charge on any atom is 0.343 e. The summed E-state index contributed by atoms with van der Waals surface area (Å²) in [7, 11) is 1.33. The first kappa shape index (κ1) is 22.0. The molecule has 8 heteroatoms. The molecule has 5 rings (SSSR count). The number of aryl methyl sites for hydroxylation is 1. The summed E-state index contributed by atoms with van der Waals surface area (Å²) in [6, 6.07) is 7.38. The Morgan fingerprint density at radius 1 is 1.29 bits per heavy atom. The Hall–Kier alpha value is -3.78. The SMILES string of the molecule is CCc1c2c(nc3cccc(C=CC(=O)OC)c13)-c1cc3c(c(=O)n1C2)COC(=O)[C@]3(O)CC. The molecular weight excluding hydrogens is 436 g/mol. The van der Waals surface area contributed by atoms with E-state index in [0.717, 1.165) is 27.6 Å². The van der Waals surface area contributed by atoms with E-state index in [-0.39, 0.29) is 18.6 Å². The molecular formula is C26H24N2O6. The molecule has 0 fully saturated rings. The number of aliphatic hydroxyl groups is 1. The van der Waals surface area contributed by atoms with Gasteiger partial charge in [-0.1, -0.05) is 26.0 Å². The molecule has 2 aromatic heterocycles. The van der Waals surface area contributed by atoms with Crippen molar-refractivity contribution in [2.45, 2.75) is 45.4 Å². The molecule has 4 heterocycles. The lowest BCUT2D eigenvalue weighted by Gasteiger charge is -2.31. The summed E-state index contributed by atoms with van der Waals surface area (Å²) in [5, 5.41) is 12.0. The number of carbonyl (C=O) groups excluding carboxylic acids is 2. The molecule has 8 nitrogen and oxygen atoms in total. The van der Waals surface area contributed by atoms with Crippen LogP contribution in [0.3, 0.4) is 0 Å². The predicted octanol–water partition coefficient (Wildman–Crippen LogP) is 2.83. The Bertz CT molecular complexity index is 1470. The number of methoxy groups -OCH3 is 1. The molecule has 1 aromatic carbocycles. The first-order valence-electron chi connectivity index (χ1n) is 11.2. The van der Waals surface area contributed by atoms with Crippen LogP contribution < -0.4 is 5.56 Å². The Kier molecular flexibility index (Phi) is 5.13. The minimum absolute atomic E-state index is 0.0931. The summed E-state index contributed by atoms with van der Waals surface area (Å²) in [5.74, 6) is -1.19. The fourth-order valence-electron chi connectivity index (χ4n) is 5.01. The van der Waals surface area contributed by atoms with Crippen LogP contribution in [0.4, 0.5) is 0 Å². The minimum atomic E-state index is -1.86. The third-order valence-corrected chi connectivity index (χ3v) is 6.81. The van der Waals surface area contributed by atoms with Crippen molar-refractivity contribution in [3.8, 4) is 11.4 Å². The monoisotopic (exact) mass is 460 g/mol. The van der Waals surface area contributed by atoms with Gasteiger partial charge in [-0.2, -0.15) is 0 Å². The van der Waals surface area contributed by atoms with Gasteiger partial charge in [-0.3, -0.25) is 4.79 Å². The highest BCUT2D eigenvalue weighted by molar-refractivity contribution is 5.97. The van der Waals surface area contributed by atoms with E-state index >= 15 is 0 Å². The van der Waals surface area contributed by atoms with Gasteiger partial charge < -0.3 is 19.1 Å². The fourth-order valence-corrected chi connectivity index (χ4v) is 5.01. The lowest BCUT2D eigenvalue weighted by Crippen LogP contribution is -2.44. The van der Waals surface area contributed by atoms with E-state index in [1.807, 2.05) is 25.1 Å². The van der Waals surface area contributed by atoms with Crippen molar-refractivity contribution >= 4 is 28.9 Å². The number of fused-ring (bicyclic) bond motifs is 5. The molecule has 1 atom stereocenters. The number of nitrogens with zero attached hydrogens (tertiary/aromatic N) is 2. The quantitative estimate of drug-likeness (QED) is 0.369. The molecule has 0 saturated carbocycles. The van der Waals surface area contributed by atoms with Gasteiger partial charge in [-0.15, -0.1) is 0 Å². The van der Waals surface area contributed by atoms with Crippen LogP contribution in [0.15, 0.2) is 35.1 Å². The van der Waals surface area contributed by atoms with Crippen molar-refractivity contribution < 1.29 is 24.2 Å². The summed E-state index contributed by atoms with van der Waals surface area (Å²) >= 11 is 0. The Morgan fingerprint density at radius 3 is 2.79 bits per heavy atom. The van der Waals surface area contributed by atoms with E-state index in [0.29, 0.717) is 35.5 Å². The van der Waals surface area contributed by atoms with Crippen molar-refractivity contribution in [1.29, 1.82) is 0 Å². The summed E-state index contributed by atoms with van der Waals surface area (Å²) in [5.41, 5.74) is 3.19. The number of hydrogen-bond acceptors (Lipinski definition) is 7. The number of ether oxygens (including phenoxy) is 2. The van der Waals surface area contributed by atoms with E-state index in [1.54, 1.807) is 23.6 Å². The van der Waals surface area contributed by atoms with Crippen LogP contribution in [-0.2, 0) is 44.2 Å². The largest absolute Gasteiger partial charge is 0.466 e. The Morgan fingerprint density at radius 2 is 2.09 bits per heavy atom. The van der Waals surface area contributed by atoms with Crippen LogP contribution in [0.5, 0.6) is 0 Å². The summed E-state index contributed by atoms with van der Waals surface area (Å²) in [6.45, 7) is 3.88. The Labute approximate surface area is 195 Å². The molecule has 3 aromatic rings. The normalized spacial score (nSPS) is 18.5. The number of hydrogen-bond donors (Lipinski definition) is 1. The molecule has 0 spiro atoms. The molecule has 0 radical (unpaired) electrons. The summed E-state index contributed by atoms with van der Waals surface area (Å²) in [6.07, 6.45) is 3.86. The number of carbonyl (C=O) groups is 2. The number of esters is 2. The molecule has 0 unspecified atom stereocenters. The molecule has 34 heavy (non-hydrogen) atoms. The van der Waals surface area contributed by atoms with E-state index in [2.05, 4.69) is 0 Å². The second-order valence-corrected chi connectivity index (χ2v) is 8.47. The van der Waals surface area contributed by atoms with Gasteiger partial charge in [0.2, 0.25) is 0 Å². The molecule has 0 aliphatic carbocycles. The average molecular weight is 460 g/mol. The van der Waals surface area contributed by atoms with Gasteiger partial charge in [-0.25, -0.2) is 14.6 Å². The van der Waals surface area contributed by atoms with Gasteiger partial charge >= 0.3 is 11.9 Å². The van der Waals surface area contributed by atoms with Crippen LogP contribution in [0.1, 0.15) is 48.1 Å². The number of benzene rings is 1. The molecule has 2 aliphatic rings. The van der Waals surface area contributed by atoms with Gasteiger partial charge in [0, 0.05) is 22.6 Å². The van der Waals surface area contributed by atoms with Crippen LogP contribution in [0.25, 0.3) is 28.4 Å². The van der Waals surface area contributed by atoms with E-state index in [1.165, 1.54) is 13.2 Å². The molecule has 0 saturated heterocycles. The van der Waals surface area contributed by atoms with Gasteiger partial charge in [0.25, 0.3) is 5.56 Å². The smallest absolute Gasteiger partial charge is 0.343 e. The van der Waals surface area contributed by atoms with Crippen LogP contribution in [-0.4, -0.2) is 33.7 Å². The zero-order valence-corrected chi connectivity index (χ0v) is 19.2. The maximum absolute atomic E-state index is 13.4. The molecule has 0 amide bonds. The van der Waals surface area contributed by atoms with E-state index in [9.17, 15) is 19.5 Å². The van der Waals surface area contributed by atoms with Crippen molar-refractivity contribution in [3.05, 3.63) is 68.5 Å². The second-order valence-electron chi connectivity index (χ2n) is 8.47. The zero-order valence-electron chi connectivity index (χ0n) is 19.2. The molecule has 174 valence electrons. The third kappa shape index (κ3) is 3.02. The van der Waals surface area contributed by atoms with Crippen molar-refractivity contribution in [3.63, 3.8) is 0 Å². The second kappa shape index (κ2) is 7.92. The number of cyclic esters (lactones) is 1. The van der Waals surface area contributed by atoms with Gasteiger partial charge in [0.1, 0.15) is 6.61 Å². The zero-order chi connectivity index (χ0) is 24.2. The number of rotatable bonds is 4. The topological polar surface area (TPSA) is 108 Å². The number of pyridine rings is 2. The van der Waals surface area contributed by atoms with Crippen LogP contribution in [0, 0.1) is 0 Å². The third-order valence-electron chi connectivity index (χ3n) is 6.81. The standard InChI is InChI=1S/C26H24N2O6/c1-4-15-16-12-28-20(11-18-17(24(28)30)13-34-25(31)26(18,32)5-2)23(16)27-19-8-6-7-14(22(15)19)9-10-21(29)33-3/h6-11,32H,4-5,12-13H2,1-3H3/t26-/m0/s1.